The van der Waals surface area contributed by atoms with Gasteiger partial charge in [-0.1, -0.05) is 24.3 Å². The van der Waals surface area contributed by atoms with Crippen molar-refractivity contribution < 1.29 is 36.4 Å². The van der Waals surface area contributed by atoms with E-state index >= 15 is 0 Å². The quantitative estimate of drug-likeness (QED) is 0.763. The zero-order valence-corrected chi connectivity index (χ0v) is 14.3. The molecule has 0 bridgehead atoms. The van der Waals surface area contributed by atoms with Gasteiger partial charge < -0.3 is 10.2 Å². The normalized spacial score (nSPS) is 9.05. The van der Waals surface area contributed by atoms with Gasteiger partial charge in [0.05, 0.1) is 0 Å². The summed E-state index contributed by atoms with van der Waals surface area (Å²) in [6, 6.07) is 11.0. The number of phenolic OH excluding ortho intramolecular Hbond substituents is 2. The number of phenols is 2. The number of aryl methyl sites for hydroxylation is 2. The van der Waals surface area contributed by atoms with E-state index < -0.39 is 0 Å². The SMILES string of the molecule is Cc1cccc(O)c1C.Cc1cccc(O)c1C.[Zr]. The summed E-state index contributed by atoms with van der Waals surface area (Å²) >= 11 is 0. The van der Waals surface area contributed by atoms with Crippen molar-refractivity contribution in [2.45, 2.75) is 27.7 Å². The standard InChI is InChI=1S/2C8H10O.Zr/c2*1-6-4-3-5-8(9)7(6)2;/h2*3-5,9H,1-2H3;. The molecule has 100 valence electrons. The molecule has 2 aromatic carbocycles. The summed E-state index contributed by atoms with van der Waals surface area (Å²) < 4.78 is 0. The van der Waals surface area contributed by atoms with Gasteiger partial charge in [-0.25, -0.2) is 0 Å². The third-order valence-corrected chi connectivity index (χ3v) is 3.15. The van der Waals surface area contributed by atoms with Crippen molar-refractivity contribution in [2.75, 3.05) is 0 Å². The van der Waals surface area contributed by atoms with Crippen LogP contribution in [0, 0.1) is 27.7 Å². The van der Waals surface area contributed by atoms with Gasteiger partial charge >= 0.3 is 0 Å². The van der Waals surface area contributed by atoms with Crippen LogP contribution in [0.15, 0.2) is 36.4 Å². The first kappa shape index (κ1) is 17.9. The Hall–Kier alpha value is -1.08. The second-order valence-corrected chi connectivity index (χ2v) is 4.44. The van der Waals surface area contributed by atoms with Crippen LogP contribution in [0.4, 0.5) is 0 Å². The first-order valence-electron chi connectivity index (χ1n) is 5.94. The van der Waals surface area contributed by atoms with E-state index in [0.717, 1.165) is 22.3 Å². The Morgan fingerprint density at radius 2 is 0.947 bits per heavy atom. The Labute approximate surface area is 134 Å². The van der Waals surface area contributed by atoms with E-state index in [4.69, 9.17) is 10.2 Å². The van der Waals surface area contributed by atoms with E-state index in [1.807, 2.05) is 52.0 Å². The van der Waals surface area contributed by atoms with Crippen LogP contribution in [0.2, 0.25) is 0 Å². The van der Waals surface area contributed by atoms with Crippen molar-refractivity contribution in [3.63, 3.8) is 0 Å². The van der Waals surface area contributed by atoms with Gasteiger partial charge in [0, 0.05) is 26.2 Å². The largest absolute Gasteiger partial charge is 0.508 e. The van der Waals surface area contributed by atoms with Crippen LogP contribution in [-0.4, -0.2) is 10.2 Å². The second-order valence-electron chi connectivity index (χ2n) is 4.44. The predicted octanol–water partition coefficient (Wildman–Crippen LogP) is 4.02. The smallest absolute Gasteiger partial charge is 0.118 e. The molecule has 0 saturated heterocycles. The third kappa shape index (κ3) is 5.20. The summed E-state index contributed by atoms with van der Waals surface area (Å²) in [5.74, 6) is 0.769. The summed E-state index contributed by atoms with van der Waals surface area (Å²) in [4.78, 5) is 0. The van der Waals surface area contributed by atoms with Crippen molar-refractivity contribution in [3.05, 3.63) is 58.7 Å². The van der Waals surface area contributed by atoms with Crippen LogP contribution in [0.5, 0.6) is 11.5 Å². The monoisotopic (exact) mass is 334 g/mol. The van der Waals surface area contributed by atoms with Gasteiger partial charge in [-0.05, 0) is 62.1 Å². The molecular formula is C16H20O2Zr. The maximum Gasteiger partial charge on any atom is 0.118 e. The van der Waals surface area contributed by atoms with Gasteiger partial charge in [0.1, 0.15) is 11.5 Å². The van der Waals surface area contributed by atoms with E-state index in [0.29, 0.717) is 11.5 Å². The van der Waals surface area contributed by atoms with Crippen LogP contribution >= 0.6 is 0 Å². The first-order valence-corrected chi connectivity index (χ1v) is 5.94. The predicted molar refractivity (Wildman–Crippen MR) is 75.2 cm³/mol. The fraction of sp³-hybridized carbons (Fsp3) is 0.250. The number of hydrogen-bond donors (Lipinski definition) is 2. The van der Waals surface area contributed by atoms with Crippen molar-refractivity contribution in [2.24, 2.45) is 0 Å². The fourth-order valence-corrected chi connectivity index (χ4v) is 1.47. The zero-order chi connectivity index (χ0) is 13.7. The second kappa shape index (κ2) is 8.17. The van der Waals surface area contributed by atoms with Crippen LogP contribution in [0.3, 0.4) is 0 Å². The number of benzene rings is 2. The van der Waals surface area contributed by atoms with Crippen LogP contribution in [0.25, 0.3) is 0 Å². The topological polar surface area (TPSA) is 40.5 Å². The van der Waals surface area contributed by atoms with Crippen LogP contribution in [0.1, 0.15) is 22.3 Å². The van der Waals surface area contributed by atoms with Crippen molar-refractivity contribution in [1.29, 1.82) is 0 Å². The third-order valence-electron chi connectivity index (χ3n) is 3.15. The Kier molecular flexibility index (Phi) is 7.70. The minimum atomic E-state index is 0. The summed E-state index contributed by atoms with van der Waals surface area (Å²) in [7, 11) is 0. The zero-order valence-electron chi connectivity index (χ0n) is 11.9. The molecule has 2 rings (SSSR count). The number of hydrogen-bond acceptors (Lipinski definition) is 2. The summed E-state index contributed by atoms with van der Waals surface area (Å²) in [6.07, 6.45) is 0. The van der Waals surface area contributed by atoms with Crippen LogP contribution in [-0.2, 0) is 26.2 Å². The average molecular weight is 336 g/mol. The molecule has 0 aliphatic carbocycles. The van der Waals surface area contributed by atoms with E-state index in [9.17, 15) is 0 Å². The number of aromatic hydroxyl groups is 2. The van der Waals surface area contributed by atoms with Gasteiger partial charge in [-0.2, -0.15) is 0 Å². The van der Waals surface area contributed by atoms with E-state index in [-0.39, 0.29) is 26.2 Å². The molecule has 2 aromatic rings. The van der Waals surface area contributed by atoms with Crippen molar-refractivity contribution >= 4 is 0 Å². The molecule has 3 heteroatoms. The summed E-state index contributed by atoms with van der Waals surface area (Å²) in [5.41, 5.74) is 4.21. The van der Waals surface area contributed by atoms with Gasteiger partial charge in [-0.3, -0.25) is 0 Å². The van der Waals surface area contributed by atoms with E-state index in [2.05, 4.69) is 0 Å². The van der Waals surface area contributed by atoms with Crippen molar-refractivity contribution in [1.82, 2.24) is 0 Å². The molecular weight excluding hydrogens is 315 g/mol. The molecule has 0 heterocycles. The molecule has 0 fully saturated rings. The average Bonchev–Trinajstić information content (AvgIpc) is 2.34. The Morgan fingerprint density at radius 1 is 0.632 bits per heavy atom. The molecule has 0 saturated carbocycles. The molecule has 2 nitrogen and oxygen atoms in total. The van der Waals surface area contributed by atoms with E-state index in [1.54, 1.807) is 12.1 Å². The molecule has 0 amide bonds. The van der Waals surface area contributed by atoms with Crippen molar-refractivity contribution in [3.8, 4) is 11.5 Å². The van der Waals surface area contributed by atoms with E-state index in [1.165, 1.54) is 0 Å². The molecule has 0 aliphatic heterocycles. The number of rotatable bonds is 0. The molecule has 0 radical (unpaired) electrons. The van der Waals surface area contributed by atoms with Gasteiger partial charge in [0.2, 0.25) is 0 Å². The molecule has 0 spiro atoms. The molecule has 19 heavy (non-hydrogen) atoms. The summed E-state index contributed by atoms with van der Waals surface area (Å²) in [6.45, 7) is 7.78. The Balaban J connectivity index is 0.000000324. The van der Waals surface area contributed by atoms with Gasteiger partial charge in [0.25, 0.3) is 0 Å². The maximum atomic E-state index is 9.10. The molecule has 0 unspecified atom stereocenters. The summed E-state index contributed by atoms with van der Waals surface area (Å²) in [5, 5.41) is 18.2. The molecule has 2 N–H and O–H groups in total. The minimum Gasteiger partial charge on any atom is -0.508 e. The maximum absolute atomic E-state index is 9.10. The van der Waals surface area contributed by atoms with Crippen LogP contribution < -0.4 is 0 Å². The first-order chi connectivity index (χ1) is 8.43. The molecule has 0 atom stereocenters. The molecule has 0 aliphatic rings. The Morgan fingerprint density at radius 3 is 1.16 bits per heavy atom. The fourth-order valence-electron chi connectivity index (χ4n) is 1.47. The Bertz CT molecular complexity index is 446. The molecule has 0 aromatic heterocycles. The van der Waals surface area contributed by atoms with Gasteiger partial charge in [-0.15, -0.1) is 0 Å². The minimum absolute atomic E-state index is 0. The van der Waals surface area contributed by atoms with Gasteiger partial charge in [0.15, 0.2) is 0 Å².